The van der Waals surface area contributed by atoms with Crippen LogP contribution in [0.1, 0.15) is 28.0 Å². The number of para-hydroxylation sites is 1. The molecule has 142 valence electrons. The van der Waals surface area contributed by atoms with Crippen LogP contribution >= 0.6 is 11.6 Å². The summed E-state index contributed by atoms with van der Waals surface area (Å²) in [5, 5.41) is 4.36. The summed E-state index contributed by atoms with van der Waals surface area (Å²) in [6, 6.07) is 13.9. The lowest BCUT2D eigenvalue weighted by Crippen LogP contribution is -2.31. The van der Waals surface area contributed by atoms with E-state index in [4.69, 9.17) is 20.8 Å². The van der Waals surface area contributed by atoms with Crippen molar-refractivity contribution < 1.29 is 13.9 Å². The quantitative estimate of drug-likeness (QED) is 0.545. The summed E-state index contributed by atoms with van der Waals surface area (Å²) in [4.78, 5) is 17.4. The van der Waals surface area contributed by atoms with Gasteiger partial charge in [-0.25, -0.2) is 4.98 Å². The number of rotatable bonds is 5. The summed E-state index contributed by atoms with van der Waals surface area (Å²) in [5.74, 6) is 1.18. The van der Waals surface area contributed by atoms with Gasteiger partial charge in [0.15, 0.2) is 5.76 Å². The molecule has 1 N–H and O–H groups in total. The molecule has 0 aliphatic heterocycles. The van der Waals surface area contributed by atoms with Gasteiger partial charge in [0.2, 0.25) is 0 Å². The number of nitrogens with zero attached hydrogens (tertiary/aromatic N) is 2. The highest BCUT2D eigenvalue weighted by atomic mass is 35.5. The summed E-state index contributed by atoms with van der Waals surface area (Å²) >= 11 is 6.02. The number of fused-ring (bicyclic) bond motifs is 1. The molecule has 28 heavy (non-hydrogen) atoms. The Kier molecular flexibility index (Phi) is 4.79. The van der Waals surface area contributed by atoms with Crippen molar-refractivity contribution in [1.82, 2.24) is 14.9 Å². The van der Waals surface area contributed by atoms with E-state index in [9.17, 15) is 4.79 Å². The Hall–Kier alpha value is -3.25. The third kappa shape index (κ3) is 3.34. The van der Waals surface area contributed by atoms with Gasteiger partial charge in [-0.1, -0.05) is 29.8 Å². The summed E-state index contributed by atoms with van der Waals surface area (Å²) in [6.07, 6.45) is 3.51. The molecule has 2 aromatic carbocycles. The number of furan rings is 1. The minimum atomic E-state index is -0.513. The van der Waals surface area contributed by atoms with E-state index in [-0.39, 0.29) is 11.7 Å². The molecule has 0 fully saturated rings. The number of nitrogens with one attached hydrogen (secondary N) is 1. The van der Waals surface area contributed by atoms with E-state index in [0.717, 1.165) is 10.9 Å². The van der Waals surface area contributed by atoms with Crippen molar-refractivity contribution in [2.24, 2.45) is 7.05 Å². The van der Waals surface area contributed by atoms with Gasteiger partial charge in [-0.05, 0) is 30.3 Å². The molecule has 1 atom stereocenters. The number of ether oxygens (including phenoxy) is 1. The first-order valence-electron chi connectivity index (χ1n) is 8.67. The number of hydrogen-bond acceptors (Lipinski definition) is 4. The maximum absolute atomic E-state index is 13.0. The number of benzene rings is 2. The monoisotopic (exact) mass is 395 g/mol. The number of hydrogen-bond donors (Lipinski definition) is 1. The van der Waals surface area contributed by atoms with Crippen LogP contribution in [-0.2, 0) is 7.05 Å². The maximum atomic E-state index is 13.0. The molecular formula is C21H18ClN3O3. The van der Waals surface area contributed by atoms with E-state index < -0.39 is 6.04 Å². The van der Waals surface area contributed by atoms with E-state index in [1.165, 1.54) is 0 Å². The number of methoxy groups -OCH3 is 1. The fourth-order valence-electron chi connectivity index (χ4n) is 3.17. The minimum Gasteiger partial charge on any atom is -0.496 e. The average molecular weight is 396 g/mol. The zero-order valence-electron chi connectivity index (χ0n) is 15.3. The molecule has 0 radical (unpaired) electrons. The number of carbonyl (C=O) groups excluding carboxylic acids is 1. The van der Waals surface area contributed by atoms with Gasteiger partial charge in [-0.15, -0.1) is 0 Å². The molecule has 2 heterocycles. The number of halogens is 1. The summed E-state index contributed by atoms with van der Waals surface area (Å²) in [7, 11) is 3.47. The molecule has 6 nitrogen and oxygen atoms in total. The second-order valence-electron chi connectivity index (χ2n) is 6.34. The van der Waals surface area contributed by atoms with Gasteiger partial charge >= 0.3 is 0 Å². The van der Waals surface area contributed by atoms with E-state index in [0.29, 0.717) is 22.2 Å². The lowest BCUT2D eigenvalue weighted by atomic mass is 10.0. The Morgan fingerprint density at radius 3 is 2.82 bits per heavy atom. The zero-order chi connectivity index (χ0) is 19.7. The highest BCUT2D eigenvalue weighted by Crippen LogP contribution is 2.30. The Morgan fingerprint density at radius 1 is 1.25 bits per heavy atom. The molecule has 0 bridgehead atoms. The van der Waals surface area contributed by atoms with Gasteiger partial charge in [0.25, 0.3) is 5.91 Å². The normalized spacial score (nSPS) is 12.1. The first-order chi connectivity index (χ1) is 13.6. The van der Waals surface area contributed by atoms with Crippen LogP contribution in [-0.4, -0.2) is 22.6 Å². The van der Waals surface area contributed by atoms with E-state index in [2.05, 4.69) is 10.3 Å². The van der Waals surface area contributed by atoms with Crippen LogP contribution in [0.3, 0.4) is 0 Å². The Balaban J connectivity index is 1.72. The average Bonchev–Trinajstić information content (AvgIpc) is 3.31. The Morgan fingerprint density at radius 2 is 2.07 bits per heavy atom. The predicted molar refractivity (Wildman–Crippen MR) is 107 cm³/mol. The smallest absolute Gasteiger partial charge is 0.287 e. The van der Waals surface area contributed by atoms with Gasteiger partial charge in [0.05, 0.1) is 7.11 Å². The van der Waals surface area contributed by atoms with E-state index in [1.807, 2.05) is 42.1 Å². The van der Waals surface area contributed by atoms with Crippen molar-refractivity contribution in [2.45, 2.75) is 6.04 Å². The molecule has 0 saturated carbocycles. The Bertz CT molecular complexity index is 1150. The van der Waals surface area contributed by atoms with E-state index >= 15 is 0 Å². The summed E-state index contributed by atoms with van der Waals surface area (Å²) in [5.41, 5.74) is 1.40. The van der Waals surface area contributed by atoms with Gasteiger partial charge in [-0.3, -0.25) is 4.79 Å². The van der Waals surface area contributed by atoms with Crippen LogP contribution < -0.4 is 10.1 Å². The van der Waals surface area contributed by atoms with Crippen molar-refractivity contribution in [3.8, 4) is 5.75 Å². The molecule has 2 aromatic heterocycles. The van der Waals surface area contributed by atoms with Crippen LogP contribution in [0.5, 0.6) is 5.75 Å². The fourth-order valence-corrected chi connectivity index (χ4v) is 3.35. The second-order valence-corrected chi connectivity index (χ2v) is 6.77. The van der Waals surface area contributed by atoms with Gasteiger partial charge in [-0.2, -0.15) is 0 Å². The third-order valence-electron chi connectivity index (χ3n) is 4.54. The second kappa shape index (κ2) is 7.40. The first kappa shape index (κ1) is 18.1. The van der Waals surface area contributed by atoms with Crippen LogP contribution in [0.25, 0.3) is 11.0 Å². The topological polar surface area (TPSA) is 69.3 Å². The lowest BCUT2D eigenvalue weighted by molar-refractivity contribution is 0.0915. The van der Waals surface area contributed by atoms with Crippen LogP contribution in [0.15, 0.2) is 65.3 Å². The van der Waals surface area contributed by atoms with Crippen molar-refractivity contribution in [2.75, 3.05) is 7.11 Å². The standard InChI is InChI=1S/C21H18ClN3O3/c1-25-10-9-23-20(25)19(15-5-3-4-6-17(15)27-2)24-21(26)18-12-13-11-14(22)7-8-16(13)28-18/h3-12,19H,1-2H3,(H,24,26)/t19-/m1/s1. The van der Waals surface area contributed by atoms with Crippen molar-refractivity contribution in [1.29, 1.82) is 0 Å². The van der Waals surface area contributed by atoms with Crippen LogP contribution in [0, 0.1) is 0 Å². The minimum absolute atomic E-state index is 0.200. The molecule has 4 aromatic rings. The largest absolute Gasteiger partial charge is 0.496 e. The van der Waals surface area contributed by atoms with Gasteiger partial charge in [0, 0.05) is 35.4 Å². The fraction of sp³-hybridized carbons (Fsp3) is 0.143. The lowest BCUT2D eigenvalue weighted by Gasteiger charge is -2.20. The van der Waals surface area contributed by atoms with Crippen LogP contribution in [0.2, 0.25) is 5.02 Å². The van der Waals surface area contributed by atoms with Crippen molar-refractivity contribution in [3.63, 3.8) is 0 Å². The third-order valence-corrected chi connectivity index (χ3v) is 4.78. The predicted octanol–water partition coefficient (Wildman–Crippen LogP) is 4.35. The molecule has 7 heteroatoms. The molecule has 1 amide bonds. The number of imidazole rings is 1. The van der Waals surface area contributed by atoms with Gasteiger partial charge in [0.1, 0.15) is 23.2 Å². The molecule has 0 aliphatic carbocycles. The molecule has 0 spiro atoms. The number of carbonyl (C=O) groups is 1. The highest BCUT2D eigenvalue weighted by Gasteiger charge is 2.25. The molecular weight excluding hydrogens is 378 g/mol. The summed E-state index contributed by atoms with van der Waals surface area (Å²) in [6.45, 7) is 0. The SMILES string of the molecule is COc1ccccc1[C@@H](NC(=O)c1cc2cc(Cl)ccc2o1)c1nccn1C. The summed E-state index contributed by atoms with van der Waals surface area (Å²) < 4.78 is 13.0. The molecule has 4 rings (SSSR count). The Labute approximate surface area is 166 Å². The van der Waals surface area contributed by atoms with E-state index in [1.54, 1.807) is 37.6 Å². The first-order valence-corrected chi connectivity index (χ1v) is 9.04. The van der Waals surface area contributed by atoms with Gasteiger partial charge < -0.3 is 19.0 Å². The van der Waals surface area contributed by atoms with Crippen LogP contribution in [0.4, 0.5) is 0 Å². The number of aromatic nitrogens is 2. The molecule has 0 unspecified atom stereocenters. The molecule has 0 aliphatic rings. The highest BCUT2D eigenvalue weighted by molar-refractivity contribution is 6.31. The maximum Gasteiger partial charge on any atom is 0.287 e. The number of aryl methyl sites for hydroxylation is 1. The van der Waals surface area contributed by atoms with Crippen molar-refractivity contribution in [3.05, 3.63) is 83.1 Å². The number of amides is 1. The molecule has 0 saturated heterocycles. The zero-order valence-corrected chi connectivity index (χ0v) is 16.1. The van der Waals surface area contributed by atoms with Crippen molar-refractivity contribution >= 4 is 28.5 Å².